The van der Waals surface area contributed by atoms with Crippen LogP contribution in [-0.4, -0.2) is 26.1 Å². The Bertz CT molecular complexity index is 736. The van der Waals surface area contributed by atoms with Gasteiger partial charge in [0.05, 0.1) is 6.61 Å². The zero-order valence-corrected chi connectivity index (χ0v) is 19.5. The highest BCUT2D eigenvalue weighted by Gasteiger charge is 2.36. The summed E-state index contributed by atoms with van der Waals surface area (Å²) in [6, 6.07) is 19.7. The van der Waals surface area contributed by atoms with Crippen molar-refractivity contribution in [1.82, 2.24) is 0 Å². The molecule has 2 atom stereocenters. The first-order valence-corrected chi connectivity index (χ1v) is 13.3. The smallest absolute Gasteiger partial charge is 0.191 e. The Labute approximate surface area is 177 Å². The Balaban J connectivity index is 1.98. The number of rotatable bonds is 10. The zero-order valence-electron chi connectivity index (χ0n) is 18.5. The van der Waals surface area contributed by atoms with Crippen LogP contribution in [0.25, 0.3) is 0 Å². The minimum atomic E-state index is -1.73. The summed E-state index contributed by atoms with van der Waals surface area (Å²) in [5, 5.41) is 11.1. The van der Waals surface area contributed by atoms with Crippen LogP contribution in [0.2, 0.25) is 18.1 Å². The van der Waals surface area contributed by atoms with Gasteiger partial charge in [-0.1, -0.05) is 93.6 Å². The predicted molar refractivity (Wildman–Crippen MR) is 123 cm³/mol. The van der Waals surface area contributed by atoms with Crippen molar-refractivity contribution in [2.24, 2.45) is 0 Å². The lowest BCUT2D eigenvalue weighted by Gasteiger charge is -2.36. The second-order valence-electron chi connectivity index (χ2n) is 8.94. The van der Waals surface area contributed by atoms with Gasteiger partial charge in [0.1, 0.15) is 12.2 Å². The Morgan fingerprint density at radius 2 is 1.55 bits per heavy atom. The van der Waals surface area contributed by atoms with Gasteiger partial charge in [-0.25, -0.2) is 0 Å². The molecule has 0 aliphatic heterocycles. The minimum absolute atomic E-state index is 0.210. The average molecular weight is 413 g/mol. The maximum atomic E-state index is 10.9. The molecule has 0 aliphatic carbocycles. The van der Waals surface area contributed by atoms with E-state index >= 15 is 0 Å². The van der Waals surface area contributed by atoms with Crippen molar-refractivity contribution in [3.63, 3.8) is 0 Å². The molecule has 0 amide bonds. The van der Waals surface area contributed by atoms with Gasteiger partial charge >= 0.3 is 0 Å². The summed E-state index contributed by atoms with van der Waals surface area (Å²) in [5.41, 5.74) is 1.94. The molecule has 0 spiro atoms. The first kappa shape index (κ1) is 23.6. The highest BCUT2D eigenvalue weighted by atomic mass is 28.4. The third kappa shape index (κ3) is 7.55. The van der Waals surface area contributed by atoms with Crippen molar-refractivity contribution < 1.29 is 14.3 Å². The van der Waals surface area contributed by atoms with Gasteiger partial charge < -0.3 is 14.3 Å². The molecule has 4 heteroatoms. The van der Waals surface area contributed by atoms with Crippen molar-refractivity contribution in [2.45, 2.75) is 64.1 Å². The fraction of sp³-hybridized carbons (Fsp3) is 0.440. The number of hydrogen-bond acceptors (Lipinski definition) is 3. The van der Waals surface area contributed by atoms with Crippen LogP contribution in [0.3, 0.4) is 0 Å². The van der Waals surface area contributed by atoms with E-state index in [0.717, 1.165) is 17.5 Å². The van der Waals surface area contributed by atoms with Crippen LogP contribution in [0.5, 0.6) is 0 Å². The summed E-state index contributed by atoms with van der Waals surface area (Å²) in [6.07, 6.45) is 3.71. The summed E-state index contributed by atoms with van der Waals surface area (Å²) >= 11 is 0. The monoisotopic (exact) mass is 412 g/mol. The summed E-state index contributed by atoms with van der Waals surface area (Å²) in [5.74, 6) is 0. The molecule has 0 fully saturated rings. The van der Waals surface area contributed by atoms with Gasteiger partial charge in [0.15, 0.2) is 8.32 Å². The molecular formula is C25H36O3Si. The topological polar surface area (TPSA) is 38.7 Å². The van der Waals surface area contributed by atoms with Gasteiger partial charge in [-0.2, -0.15) is 0 Å². The molecule has 0 aromatic heterocycles. The Hall–Kier alpha value is -1.72. The molecule has 3 nitrogen and oxygen atoms in total. The average Bonchev–Trinajstić information content (AvgIpc) is 2.70. The molecule has 0 heterocycles. The standard InChI is InChI=1S/C25H36O3Si/c1-25(2,3)29(4,5)28-19-13-12-18-23(24(26)22-16-10-7-11-17-22)27-20-21-14-8-6-9-15-21/h6-12,14-18,23-24,26H,13,19-20H2,1-5H3/b18-12+/t23-,24+/m1/s1. The number of ether oxygens (including phenoxy) is 1. The van der Waals surface area contributed by atoms with Crippen LogP contribution in [0.4, 0.5) is 0 Å². The molecule has 2 aromatic rings. The van der Waals surface area contributed by atoms with Crippen LogP contribution in [-0.2, 0) is 15.8 Å². The lowest BCUT2D eigenvalue weighted by atomic mass is 10.0. The molecule has 29 heavy (non-hydrogen) atoms. The summed E-state index contributed by atoms with van der Waals surface area (Å²) in [6.45, 7) is 12.4. The van der Waals surface area contributed by atoms with E-state index in [1.54, 1.807) is 0 Å². The quantitative estimate of drug-likeness (QED) is 0.284. The summed E-state index contributed by atoms with van der Waals surface area (Å²) in [7, 11) is -1.73. The van der Waals surface area contributed by atoms with E-state index in [1.165, 1.54) is 0 Å². The van der Waals surface area contributed by atoms with Crippen LogP contribution in [0, 0.1) is 0 Å². The van der Waals surface area contributed by atoms with Crippen molar-refractivity contribution in [3.8, 4) is 0 Å². The fourth-order valence-electron chi connectivity index (χ4n) is 2.69. The minimum Gasteiger partial charge on any atom is -0.417 e. The number of hydrogen-bond donors (Lipinski definition) is 1. The van der Waals surface area contributed by atoms with Crippen LogP contribution in [0.15, 0.2) is 72.8 Å². The van der Waals surface area contributed by atoms with E-state index in [4.69, 9.17) is 9.16 Å². The second-order valence-corrected chi connectivity index (χ2v) is 13.8. The number of aliphatic hydroxyl groups is 1. The van der Waals surface area contributed by atoms with Crippen molar-refractivity contribution in [1.29, 1.82) is 0 Å². The molecule has 2 aromatic carbocycles. The lowest BCUT2D eigenvalue weighted by molar-refractivity contribution is -0.0199. The third-order valence-corrected chi connectivity index (χ3v) is 10.2. The lowest BCUT2D eigenvalue weighted by Crippen LogP contribution is -2.40. The van der Waals surface area contributed by atoms with Crippen LogP contribution < -0.4 is 0 Å². The highest BCUT2D eigenvalue weighted by molar-refractivity contribution is 6.74. The molecular weight excluding hydrogens is 376 g/mol. The van der Waals surface area contributed by atoms with Crippen LogP contribution >= 0.6 is 0 Å². The van der Waals surface area contributed by atoms with E-state index in [2.05, 4.69) is 39.9 Å². The molecule has 0 saturated heterocycles. The highest BCUT2D eigenvalue weighted by Crippen LogP contribution is 2.36. The molecule has 158 valence electrons. The molecule has 0 aliphatic rings. The van der Waals surface area contributed by atoms with Gasteiger partial charge in [0, 0.05) is 6.61 Å². The van der Waals surface area contributed by atoms with Gasteiger partial charge in [-0.05, 0) is 35.7 Å². The Kier molecular flexibility index (Phi) is 8.84. The summed E-state index contributed by atoms with van der Waals surface area (Å²) < 4.78 is 12.3. The molecule has 1 N–H and O–H groups in total. The van der Waals surface area contributed by atoms with E-state index in [1.807, 2.05) is 66.7 Å². The van der Waals surface area contributed by atoms with Crippen molar-refractivity contribution in [3.05, 3.63) is 83.9 Å². The SMILES string of the molecule is CC(C)(C)[Si](C)(C)OCC/C=C/[C@@H](OCc1ccccc1)[C@@H](O)c1ccccc1. The molecule has 0 bridgehead atoms. The van der Waals surface area contributed by atoms with Gasteiger partial charge in [-0.3, -0.25) is 0 Å². The fourth-order valence-corrected chi connectivity index (χ4v) is 3.75. The van der Waals surface area contributed by atoms with E-state index < -0.39 is 20.5 Å². The van der Waals surface area contributed by atoms with Crippen molar-refractivity contribution in [2.75, 3.05) is 6.61 Å². The predicted octanol–water partition coefficient (Wildman–Crippen LogP) is 6.27. The first-order valence-electron chi connectivity index (χ1n) is 10.4. The van der Waals surface area contributed by atoms with Gasteiger partial charge in [-0.15, -0.1) is 0 Å². The van der Waals surface area contributed by atoms with Crippen molar-refractivity contribution >= 4 is 8.32 Å². The maximum absolute atomic E-state index is 10.9. The zero-order chi connectivity index (χ0) is 21.3. The molecule has 0 radical (unpaired) electrons. The Morgan fingerprint density at radius 3 is 2.14 bits per heavy atom. The first-order chi connectivity index (χ1) is 13.7. The Morgan fingerprint density at radius 1 is 0.966 bits per heavy atom. The number of benzene rings is 2. The second kappa shape index (κ2) is 10.9. The molecule has 0 saturated carbocycles. The van der Waals surface area contributed by atoms with E-state index in [-0.39, 0.29) is 5.04 Å². The van der Waals surface area contributed by atoms with Crippen LogP contribution in [0.1, 0.15) is 44.4 Å². The third-order valence-electron chi connectivity index (χ3n) is 5.62. The number of aliphatic hydroxyl groups excluding tert-OH is 1. The normalized spacial score (nSPS) is 14.8. The maximum Gasteiger partial charge on any atom is 0.191 e. The van der Waals surface area contributed by atoms with E-state index in [9.17, 15) is 5.11 Å². The largest absolute Gasteiger partial charge is 0.417 e. The summed E-state index contributed by atoms with van der Waals surface area (Å²) in [4.78, 5) is 0. The molecule has 2 rings (SSSR count). The van der Waals surface area contributed by atoms with Gasteiger partial charge in [0.2, 0.25) is 0 Å². The van der Waals surface area contributed by atoms with Gasteiger partial charge in [0.25, 0.3) is 0 Å². The van der Waals surface area contributed by atoms with E-state index in [0.29, 0.717) is 13.2 Å². The molecule has 0 unspecified atom stereocenters.